The van der Waals surface area contributed by atoms with E-state index in [1.54, 1.807) is 12.4 Å². The molecule has 8 nitrogen and oxygen atoms in total. The lowest BCUT2D eigenvalue weighted by molar-refractivity contribution is -0.125. The number of likely N-dealkylation sites (N-methyl/N-ethyl adjacent to an activating group) is 1. The van der Waals surface area contributed by atoms with Crippen molar-refractivity contribution >= 4 is 40.2 Å². The van der Waals surface area contributed by atoms with Crippen LogP contribution in [0.1, 0.15) is 23.3 Å². The van der Waals surface area contributed by atoms with Crippen molar-refractivity contribution in [1.29, 1.82) is 0 Å². The molecule has 3 aromatic rings. The Morgan fingerprint density at radius 3 is 2.44 bits per heavy atom. The number of primary amides is 1. The van der Waals surface area contributed by atoms with Crippen molar-refractivity contribution in [1.82, 2.24) is 10.3 Å². The van der Waals surface area contributed by atoms with Gasteiger partial charge in [-0.1, -0.05) is 12.1 Å². The topological polar surface area (TPSA) is 126 Å². The predicted octanol–water partition coefficient (Wildman–Crippen LogP) is 2.69. The third kappa shape index (κ3) is 4.30. The highest BCUT2D eigenvalue weighted by Gasteiger charge is 2.38. The molecule has 0 unspecified atom stereocenters. The van der Waals surface area contributed by atoms with Crippen molar-refractivity contribution in [2.75, 3.05) is 36.1 Å². The molecular weight excluding hydrogens is 424 g/mol. The van der Waals surface area contributed by atoms with Crippen LogP contribution in [0.25, 0.3) is 10.6 Å². The molecule has 0 saturated carbocycles. The Hall–Kier alpha value is -3.43. The van der Waals surface area contributed by atoms with Crippen molar-refractivity contribution in [3.05, 3.63) is 59.6 Å². The smallest absolute Gasteiger partial charge is 0.275 e. The lowest BCUT2D eigenvalue weighted by Gasteiger charge is -2.41. The zero-order chi connectivity index (χ0) is 22.7. The summed E-state index contributed by atoms with van der Waals surface area (Å²) in [7, 11) is 1.76. The number of carbonyl (C=O) groups is 2. The average Bonchev–Trinajstić information content (AvgIpc) is 3.30. The Kier molecular flexibility index (Phi) is 6.11. The van der Waals surface area contributed by atoms with E-state index in [4.69, 9.17) is 11.5 Å². The average molecular weight is 451 g/mol. The molecule has 9 heteroatoms. The molecule has 0 atom stereocenters. The molecular formula is C23H26N6O2S. The maximum Gasteiger partial charge on any atom is 0.275 e. The Labute approximate surface area is 190 Å². The van der Waals surface area contributed by atoms with Gasteiger partial charge in [-0.05, 0) is 56.3 Å². The molecule has 2 aromatic carbocycles. The third-order valence-electron chi connectivity index (χ3n) is 5.95. The van der Waals surface area contributed by atoms with Crippen molar-refractivity contribution < 1.29 is 9.59 Å². The number of thiazole rings is 1. The summed E-state index contributed by atoms with van der Waals surface area (Å²) in [5.74, 6) is -0.601. The molecule has 0 radical (unpaired) electrons. The molecule has 2 heterocycles. The Morgan fingerprint density at radius 1 is 1.09 bits per heavy atom. The normalized spacial score (nSPS) is 15.3. The lowest BCUT2D eigenvalue weighted by Crippen LogP contribution is -2.59. The fourth-order valence-electron chi connectivity index (χ4n) is 3.93. The van der Waals surface area contributed by atoms with E-state index in [2.05, 4.69) is 20.5 Å². The first-order valence-electron chi connectivity index (χ1n) is 10.4. The molecule has 32 heavy (non-hydrogen) atoms. The van der Waals surface area contributed by atoms with E-state index in [1.807, 2.05) is 48.5 Å². The molecule has 1 aliphatic heterocycles. The van der Waals surface area contributed by atoms with Gasteiger partial charge in [0.2, 0.25) is 5.91 Å². The number of piperidine rings is 1. The van der Waals surface area contributed by atoms with Crippen LogP contribution in [-0.4, -0.2) is 42.5 Å². The van der Waals surface area contributed by atoms with E-state index >= 15 is 0 Å². The second-order valence-corrected chi connectivity index (χ2v) is 8.67. The largest absolute Gasteiger partial charge is 0.399 e. The highest BCUT2D eigenvalue weighted by Crippen LogP contribution is 2.32. The minimum atomic E-state index is -0.687. The number of nitrogen functional groups attached to an aromatic ring is 1. The molecule has 2 amide bonds. The van der Waals surface area contributed by atoms with Crippen molar-refractivity contribution in [3.63, 3.8) is 0 Å². The number of para-hydroxylation sites is 2. The van der Waals surface area contributed by atoms with Crippen LogP contribution >= 0.6 is 11.3 Å². The number of nitrogens with two attached hydrogens (primary N) is 2. The Bertz CT molecular complexity index is 1120. The van der Waals surface area contributed by atoms with Crippen LogP contribution in [-0.2, 0) is 4.79 Å². The zero-order valence-corrected chi connectivity index (χ0v) is 18.6. The number of nitrogens with zero attached hydrogens (tertiary/aromatic N) is 2. The van der Waals surface area contributed by atoms with Crippen LogP contribution in [0.15, 0.2) is 53.9 Å². The van der Waals surface area contributed by atoms with Gasteiger partial charge in [-0.3, -0.25) is 9.59 Å². The molecule has 0 bridgehead atoms. The summed E-state index contributed by atoms with van der Waals surface area (Å²) in [6.45, 7) is 1.29. The van der Waals surface area contributed by atoms with Crippen LogP contribution in [0.5, 0.6) is 0 Å². The van der Waals surface area contributed by atoms with E-state index in [0.717, 1.165) is 16.3 Å². The quantitative estimate of drug-likeness (QED) is 0.428. The van der Waals surface area contributed by atoms with Gasteiger partial charge in [-0.25, -0.2) is 4.98 Å². The highest BCUT2D eigenvalue weighted by molar-refractivity contribution is 7.13. The van der Waals surface area contributed by atoms with Gasteiger partial charge in [-0.15, -0.1) is 11.3 Å². The van der Waals surface area contributed by atoms with E-state index in [0.29, 0.717) is 43.0 Å². The number of carbonyl (C=O) groups excluding carboxylic acids is 2. The number of anilines is 3. The van der Waals surface area contributed by atoms with E-state index in [-0.39, 0.29) is 11.8 Å². The van der Waals surface area contributed by atoms with Gasteiger partial charge in [0.15, 0.2) is 0 Å². The summed E-state index contributed by atoms with van der Waals surface area (Å²) in [5, 5.41) is 8.59. The second-order valence-electron chi connectivity index (χ2n) is 7.81. The number of aromatic nitrogens is 1. The molecule has 0 spiro atoms. The Morgan fingerprint density at radius 2 is 1.78 bits per heavy atom. The van der Waals surface area contributed by atoms with E-state index < -0.39 is 5.54 Å². The van der Waals surface area contributed by atoms with Crippen LogP contribution in [0.4, 0.5) is 17.1 Å². The van der Waals surface area contributed by atoms with E-state index in [1.165, 1.54) is 11.3 Å². The summed E-state index contributed by atoms with van der Waals surface area (Å²) >= 11 is 1.41. The molecule has 1 aliphatic rings. The first kappa shape index (κ1) is 21.8. The molecule has 166 valence electrons. The standard InChI is InChI=1S/C23H26N6O2S/c1-26-23(22(25)31)10-12-29(13-11-23)19-5-3-2-4-17(19)27-20(30)18-14-32-21(28-18)15-6-8-16(24)9-7-15/h2-9,14,26H,10-13,24H2,1H3,(H2,25,31)(H,27,30). The van der Waals surface area contributed by atoms with Crippen molar-refractivity contribution in [2.24, 2.45) is 5.73 Å². The molecule has 0 aliphatic carbocycles. The van der Waals surface area contributed by atoms with Crippen LogP contribution in [0.3, 0.4) is 0 Å². The number of hydrogen-bond donors (Lipinski definition) is 4. The Balaban J connectivity index is 1.49. The fourth-order valence-corrected chi connectivity index (χ4v) is 4.73. The minimum Gasteiger partial charge on any atom is -0.399 e. The summed E-state index contributed by atoms with van der Waals surface area (Å²) in [5.41, 5.74) is 14.2. The van der Waals surface area contributed by atoms with Crippen molar-refractivity contribution in [2.45, 2.75) is 18.4 Å². The number of rotatable bonds is 6. The maximum atomic E-state index is 12.9. The maximum absolute atomic E-state index is 12.9. The van der Waals surface area contributed by atoms with Gasteiger partial charge in [0, 0.05) is 29.7 Å². The number of hydrogen-bond acceptors (Lipinski definition) is 7. The van der Waals surface area contributed by atoms with Gasteiger partial charge in [0.25, 0.3) is 5.91 Å². The first-order valence-corrected chi connectivity index (χ1v) is 11.3. The molecule has 6 N–H and O–H groups in total. The van der Waals surface area contributed by atoms with Gasteiger partial charge in [-0.2, -0.15) is 0 Å². The zero-order valence-electron chi connectivity index (χ0n) is 17.8. The highest BCUT2D eigenvalue weighted by atomic mass is 32.1. The molecule has 1 saturated heterocycles. The molecule has 1 fully saturated rings. The van der Waals surface area contributed by atoms with Gasteiger partial charge < -0.3 is 27.0 Å². The van der Waals surface area contributed by atoms with Crippen LogP contribution in [0, 0.1) is 0 Å². The summed E-state index contributed by atoms with van der Waals surface area (Å²) in [4.78, 5) is 31.5. The second kappa shape index (κ2) is 8.97. The third-order valence-corrected chi connectivity index (χ3v) is 6.85. The van der Waals surface area contributed by atoms with Crippen LogP contribution < -0.4 is 27.0 Å². The van der Waals surface area contributed by atoms with E-state index in [9.17, 15) is 9.59 Å². The van der Waals surface area contributed by atoms with Crippen LogP contribution in [0.2, 0.25) is 0 Å². The monoisotopic (exact) mass is 450 g/mol. The SMILES string of the molecule is CNC1(C(N)=O)CCN(c2ccccc2NC(=O)c2csc(-c3ccc(N)cc3)n2)CC1. The first-order chi connectivity index (χ1) is 15.4. The number of benzene rings is 2. The summed E-state index contributed by atoms with van der Waals surface area (Å²) in [6, 6.07) is 15.0. The lowest BCUT2D eigenvalue weighted by atomic mass is 9.86. The summed E-state index contributed by atoms with van der Waals surface area (Å²) < 4.78 is 0. The molecule has 4 rings (SSSR count). The van der Waals surface area contributed by atoms with Gasteiger partial charge in [0.05, 0.1) is 11.4 Å². The van der Waals surface area contributed by atoms with Gasteiger partial charge in [0.1, 0.15) is 16.2 Å². The number of amides is 2. The molecule has 1 aromatic heterocycles. The minimum absolute atomic E-state index is 0.269. The summed E-state index contributed by atoms with van der Waals surface area (Å²) in [6.07, 6.45) is 1.19. The predicted molar refractivity (Wildman–Crippen MR) is 129 cm³/mol. The fraction of sp³-hybridized carbons (Fsp3) is 0.261. The van der Waals surface area contributed by atoms with Crippen molar-refractivity contribution in [3.8, 4) is 10.6 Å². The van der Waals surface area contributed by atoms with Gasteiger partial charge >= 0.3 is 0 Å². The number of nitrogens with one attached hydrogen (secondary N) is 2.